The zero-order valence-electron chi connectivity index (χ0n) is 17.0. The molecule has 1 N–H and O–H groups in total. The van der Waals surface area contributed by atoms with Crippen LogP contribution in [0.4, 0.5) is 11.4 Å². The number of carbonyl (C=O) groups excluding carboxylic acids is 2. The van der Waals surface area contributed by atoms with Crippen molar-refractivity contribution in [1.29, 1.82) is 0 Å². The number of hydrogen-bond acceptors (Lipinski definition) is 7. The number of hydrogen-bond donors (Lipinski definition) is 1. The van der Waals surface area contributed by atoms with Crippen LogP contribution in [0.2, 0.25) is 0 Å². The van der Waals surface area contributed by atoms with Gasteiger partial charge in [0, 0.05) is 29.3 Å². The van der Waals surface area contributed by atoms with Gasteiger partial charge in [-0.1, -0.05) is 26.8 Å². The lowest BCUT2D eigenvalue weighted by Crippen LogP contribution is -2.27. The van der Waals surface area contributed by atoms with Gasteiger partial charge >= 0.3 is 5.97 Å². The fourth-order valence-electron chi connectivity index (χ4n) is 2.15. The van der Waals surface area contributed by atoms with Crippen molar-refractivity contribution in [2.24, 2.45) is 5.41 Å². The summed E-state index contributed by atoms with van der Waals surface area (Å²) in [4.78, 5) is 33.9. The first-order chi connectivity index (χ1) is 14.1. The maximum absolute atomic E-state index is 12.0. The van der Waals surface area contributed by atoms with Crippen LogP contribution in [0, 0.1) is 15.5 Å². The molecule has 0 bridgehead atoms. The fraction of sp³-hybridized carbons (Fsp3) is 0.333. The molecule has 9 nitrogen and oxygen atoms in total. The molecular weight excluding hydrogens is 392 g/mol. The molecule has 2 aromatic carbocycles. The molecule has 0 unspecified atom stereocenters. The number of anilines is 1. The molecule has 2 rings (SSSR count). The second kappa shape index (κ2) is 10.2. The Morgan fingerprint density at radius 3 is 2.33 bits per heavy atom. The van der Waals surface area contributed by atoms with Crippen molar-refractivity contribution < 1.29 is 28.7 Å². The first kappa shape index (κ1) is 22.7. The lowest BCUT2D eigenvalue weighted by Gasteiger charge is -2.18. The summed E-state index contributed by atoms with van der Waals surface area (Å²) in [5.74, 6) is 0.140. The van der Waals surface area contributed by atoms with Crippen LogP contribution in [-0.2, 0) is 14.3 Å². The van der Waals surface area contributed by atoms with Crippen LogP contribution in [0.15, 0.2) is 48.5 Å². The number of rotatable bonds is 9. The van der Waals surface area contributed by atoms with Gasteiger partial charge in [0.05, 0.1) is 4.92 Å². The molecule has 0 aliphatic heterocycles. The van der Waals surface area contributed by atoms with E-state index in [1.165, 1.54) is 24.3 Å². The molecule has 160 valence electrons. The first-order valence-corrected chi connectivity index (χ1v) is 9.22. The highest BCUT2D eigenvalue weighted by molar-refractivity contribution is 5.94. The average molecular weight is 416 g/mol. The fourth-order valence-corrected chi connectivity index (χ4v) is 2.15. The highest BCUT2D eigenvalue weighted by atomic mass is 16.6. The second-order valence-electron chi connectivity index (χ2n) is 7.34. The van der Waals surface area contributed by atoms with Crippen molar-refractivity contribution >= 4 is 23.3 Å². The molecular formula is C21H24N2O7. The van der Waals surface area contributed by atoms with Crippen LogP contribution >= 0.6 is 0 Å². The van der Waals surface area contributed by atoms with E-state index in [1.54, 1.807) is 24.3 Å². The Kier molecular flexibility index (Phi) is 7.74. The highest BCUT2D eigenvalue weighted by Gasteiger charge is 2.21. The van der Waals surface area contributed by atoms with E-state index in [4.69, 9.17) is 14.2 Å². The molecule has 30 heavy (non-hydrogen) atoms. The minimum Gasteiger partial charge on any atom is -0.490 e. The molecule has 1 amide bonds. The third kappa shape index (κ3) is 7.42. The van der Waals surface area contributed by atoms with Crippen LogP contribution in [0.5, 0.6) is 11.5 Å². The maximum Gasteiger partial charge on any atom is 0.344 e. The van der Waals surface area contributed by atoms with E-state index < -0.39 is 16.3 Å². The summed E-state index contributed by atoms with van der Waals surface area (Å²) < 4.78 is 15.8. The zero-order chi connectivity index (χ0) is 22.1. The van der Waals surface area contributed by atoms with Gasteiger partial charge < -0.3 is 19.5 Å². The lowest BCUT2D eigenvalue weighted by molar-refractivity contribution is -0.384. The Balaban J connectivity index is 1.71. The van der Waals surface area contributed by atoms with E-state index in [-0.39, 0.29) is 31.4 Å². The Hall–Kier alpha value is -3.62. The Bertz CT molecular complexity index is 889. The summed E-state index contributed by atoms with van der Waals surface area (Å²) in [5, 5.41) is 13.4. The minimum absolute atomic E-state index is 0.000854. The van der Waals surface area contributed by atoms with Gasteiger partial charge in [-0.2, -0.15) is 0 Å². The minimum atomic E-state index is -0.577. The van der Waals surface area contributed by atoms with Crippen molar-refractivity contribution in [3.63, 3.8) is 0 Å². The number of nitrogens with zero attached hydrogens (tertiary/aromatic N) is 1. The first-order valence-electron chi connectivity index (χ1n) is 9.22. The van der Waals surface area contributed by atoms with E-state index in [0.29, 0.717) is 17.2 Å². The Morgan fingerprint density at radius 2 is 1.70 bits per heavy atom. The molecule has 0 fully saturated rings. The third-order valence-electron chi connectivity index (χ3n) is 3.79. The van der Waals surface area contributed by atoms with E-state index in [0.717, 1.165) is 0 Å². The van der Waals surface area contributed by atoms with E-state index in [9.17, 15) is 19.7 Å². The molecule has 0 saturated carbocycles. The van der Waals surface area contributed by atoms with Gasteiger partial charge in [0.25, 0.3) is 5.69 Å². The molecule has 0 spiro atoms. The number of benzene rings is 2. The second-order valence-corrected chi connectivity index (χ2v) is 7.34. The summed E-state index contributed by atoms with van der Waals surface area (Å²) in [5.41, 5.74) is 0.00210. The molecule has 0 aromatic heterocycles. The summed E-state index contributed by atoms with van der Waals surface area (Å²) in [6, 6.07) is 12.3. The third-order valence-corrected chi connectivity index (χ3v) is 3.79. The van der Waals surface area contributed by atoms with Gasteiger partial charge in [-0.15, -0.1) is 0 Å². The number of carbonyl (C=O) groups is 2. The van der Waals surface area contributed by atoms with Gasteiger partial charge in [-0.25, -0.2) is 4.79 Å². The van der Waals surface area contributed by atoms with Crippen molar-refractivity contribution in [2.75, 3.05) is 25.1 Å². The molecule has 0 saturated heterocycles. The Morgan fingerprint density at radius 1 is 1.00 bits per heavy atom. The van der Waals surface area contributed by atoms with Crippen molar-refractivity contribution in [3.05, 3.63) is 58.6 Å². The lowest BCUT2D eigenvalue weighted by atomic mass is 9.95. The van der Waals surface area contributed by atoms with Crippen molar-refractivity contribution in [3.8, 4) is 11.5 Å². The number of nitrogens with one attached hydrogen (secondary N) is 1. The van der Waals surface area contributed by atoms with E-state index in [1.807, 2.05) is 20.8 Å². The monoisotopic (exact) mass is 416 g/mol. The Labute approximate surface area is 174 Å². The molecule has 0 aliphatic rings. The smallest absolute Gasteiger partial charge is 0.344 e. The number of non-ortho nitro benzene ring substituents is 1. The number of nitro groups is 1. The van der Waals surface area contributed by atoms with Gasteiger partial charge in [-0.05, 0) is 24.3 Å². The topological polar surface area (TPSA) is 117 Å². The molecule has 9 heteroatoms. The zero-order valence-corrected chi connectivity index (χ0v) is 17.0. The molecule has 2 aromatic rings. The van der Waals surface area contributed by atoms with Crippen LogP contribution in [0.1, 0.15) is 20.8 Å². The number of amides is 1. The molecule has 0 aliphatic carbocycles. The maximum atomic E-state index is 12.0. The number of esters is 1. The SMILES string of the molecule is CC(C)(C)C(=O)Nc1cccc(OCC(=O)OCCOc2ccc([N+](=O)[O-])cc2)c1. The van der Waals surface area contributed by atoms with Gasteiger partial charge in [0.2, 0.25) is 5.91 Å². The van der Waals surface area contributed by atoms with E-state index >= 15 is 0 Å². The van der Waals surface area contributed by atoms with E-state index in [2.05, 4.69) is 5.32 Å². The highest BCUT2D eigenvalue weighted by Crippen LogP contribution is 2.21. The molecule has 0 atom stereocenters. The van der Waals surface area contributed by atoms with Gasteiger partial charge in [-0.3, -0.25) is 14.9 Å². The quantitative estimate of drug-likeness (QED) is 0.287. The summed E-state index contributed by atoms with van der Waals surface area (Å²) in [6.45, 7) is 5.23. The predicted octanol–water partition coefficient (Wildman–Crippen LogP) is 3.58. The van der Waals surface area contributed by atoms with Crippen LogP contribution < -0.4 is 14.8 Å². The predicted molar refractivity (Wildman–Crippen MR) is 110 cm³/mol. The average Bonchev–Trinajstić information content (AvgIpc) is 2.69. The van der Waals surface area contributed by atoms with Crippen molar-refractivity contribution in [1.82, 2.24) is 0 Å². The summed E-state index contributed by atoms with van der Waals surface area (Å²) in [6.07, 6.45) is 0. The van der Waals surface area contributed by atoms with Crippen molar-refractivity contribution in [2.45, 2.75) is 20.8 Å². The summed E-state index contributed by atoms with van der Waals surface area (Å²) in [7, 11) is 0. The molecule has 0 radical (unpaired) electrons. The normalized spacial score (nSPS) is 10.8. The summed E-state index contributed by atoms with van der Waals surface area (Å²) >= 11 is 0. The van der Waals surface area contributed by atoms with Gasteiger partial charge in [0.1, 0.15) is 24.7 Å². The number of nitro benzene ring substituents is 1. The molecule has 0 heterocycles. The van der Waals surface area contributed by atoms with Gasteiger partial charge in [0.15, 0.2) is 6.61 Å². The largest absolute Gasteiger partial charge is 0.490 e. The standard InChI is InChI=1S/C21H24N2O7/c1-21(2,3)20(25)22-15-5-4-6-18(13-15)30-14-19(24)29-12-11-28-17-9-7-16(8-10-17)23(26)27/h4-10,13H,11-12,14H2,1-3H3,(H,22,25). The van der Waals surface area contributed by atoms with Crippen LogP contribution in [0.3, 0.4) is 0 Å². The number of ether oxygens (including phenoxy) is 3. The van der Waals surface area contributed by atoms with Crippen LogP contribution in [0.25, 0.3) is 0 Å². The van der Waals surface area contributed by atoms with Crippen LogP contribution in [-0.4, -0.2) is 36.6 Å².